The van der Waals surface area contributed by atoms with Crippen LogP contribution in [0.2, 0.25) is 0 Å². The second-order valence-electron chi connectivity index (χ2n) is 7.93. The number of nitrogens with one attached hydrogen (secondary N) is 2. The van der Waals surface area contributed by atoms with Crippen molar-refractivity contribution in [2.45, 2.75) is 45.7 Å². The summed E-state index contributed by atoms with van der Waals surface area (Å²) in [6.45, 7) is 6.11. The van der Waals surface area contributed by atoms with E-state index in [9.17, 15) is 14.9 Å². The molecule has 1 heterocycles. The predicted octanol–water partition coefficient (Wildman–Crippen LogP) is 3.96. The highest BCUT2D eigenvalue weighted by Gasteiger charge is 2.26. The molecule has 0 bridgehead atoms. The van der Waals surface area contributed by atoms with Crippen molar-refractivity contribution in [2.24, 2.45) is 0 Å². The van der Waals surface area contributed by atoms with Crippen molar-refractivity contribution in [3.05, 3.63) is 59.2 Å². The number of aryl methyl sites for hydroxylation is 1. The van der Waals surface area contributed by atoms with Crippen molar-refractivity contribution in [3.63, 3.8) is 0 Å². The number of hydrogen-bond acceptors (Lipinski definition) is 3. The van der Waals surface area contributed by atoms with Crippen LogP contribution in [-0.2, 0) is 17.8 Å². The van der Waals surface area contributed by atoms with E-state index in [0.717, 1.165) is 16.8 Å². The number of carbonyl (C=O) groups is 2. The second-order valence-corrected chi connectivity index (χ2v) is 7.93. The minimum atomic E-state index is -0.385. The molecule has 2 aromatic carbocycles. The molecule has 6 nitrogen and oxygen atoms in total. The third kappa shape index (κ3) is 4.49. The fraction of sp³-hybridized carbons (Fsp3) is 0.318. The summed E-state index contributed by atoms with van der Waals surface area (Å²) in [6.07, 6.45) is 0.986. The standard InChI is InChI=1S/C22H24N4O2/c1-22(2,3)25-21(28)24-18-11-16-9-10-20(27)26(19(16)12-17(18)13-23)14-15-7-5-4-6-8-15/h4-8,11-12H,9-10,14H2,1-3H3,(H2,24,25,28). The maximum atomic E-state index is 12.5. The first-order valence-corrected chi connectivity index (χ1v) is 9.27. The number of rotatable bonds is 3. The Bertz CT molecular complexity index is 939. The van der Waals surface area contributed by atoms with E-state index in [0.29, 0.717) is 30.6 Å². The van der Waals surface area contributed by atoms with Crippen molar-refractivity contribution in [1.29, 1.82) is 5.26 Å². The van der Waals surface area contributed by atoms with E-state index in [1.807, 2.05) is 51.1 Å². The maximum absolute atomic E-state index is 12.5. The highest BCUT2D eigenvalue weighted by Crippen LogP contribution is 2.34. The Hall–Kier alpha value is -3.33. The summed E-state index contributed by atoms with van der Waals surface area (Å²) in [7, 11) is 0. The van der Waals surface area contributed by atoms with Crippen LogP contribution in [0, 0.1) is 11.3 Å². The van der Waals surface area contributed by atoms with Crippen LogP contribution < -0.4 is 15.5 Å². The van der Waals surface area contributed by atoms with E-state index in [-0.39, 0.29) is 17.5 Å². The SMILES string of the molecule is CC(C)(C)NC(=O)Nc1cc2c(cc1C#N)N(Cc1ccccc1)C(=O)CC2. The minimum absolute atomic E-state index is 0.0337. The number of anilines is 2. The zero-order chi connectivity index (χ0) is 20.3. The molecule has 0 saturated heterocycles. The maximum Gasteiger partial charge on any atom is 0.319 e. The van der Waals surface area contributed by atoms with Crippen LogP contribution in [-0.4, -0.2) is 17.5 Å². The van der Waals surface area contributed by atoms with Crippen molar-refractivity contribution < 1.29 is 9.59 Å². The number of urea groups is 1. The van der Waals surface area contributed by atoms with E-state index in [4.69, 9.17) is 0 Å². The molecule has 1 aliphatic rings. The number of hydrogen-bond donors (Lipinski definition) is 2. The molecule has 0 saturated carbocycles. The quantitative estimate of drug-likeness (QED) is 0.850. The summed E-state index contributed by atoms with van der Waals surface area (Å²) in [6, 6.07) is 15.0. The van der Waals surface area contributed by atoms with Gasteiger partial charge in [0.15, 0.2) is 0 Å². The number of nitrogens with zero attached hydrogens (tertiary/aromatic N) is 2. The summed E-state index contributed by atoms with van der Waals surface area (Å²) in [5, 5.41) is 15.2. The molecule has 3 rings (SSSR count). The molecule has 0 spiro atoms. The fourth-order valence-electron chi connectivity index (χ4n) is 3.22. The molecule has 2 aromatic rings. The van der Waals surface area contributed by atoms with E-state index in [2.05, 4.69) is 16.7 Å². The second kappa shape index (κ2) is 7.73. The van der Waals surface area contributed by atoms with Crippen LogP contribution in [0.4, 0.5) is 16.2 Å². The van der Waals surface area contributed by atoms with Gasteiger partial charge in [-0.2, -0.15) is 5.26 Å². The Morgan fingerprint density at radius 3 is 2.54 bits per heavy atom. The van der Waals surface area contributed by atoms with Crippen LogP contribution >= 0.6 is 0 Å². The predicted molar refractivity (Wildman–Crippen MR) is 109 cm³/mol. The van der Waals surface area contributed by atoms with Gasteiger partial charge in [0.1, 0.15) is 6.07 Å². The number of nitriles is 1. The molecule has 0 aromatic heterocycles. The van der Waals surface area contributed by atoms with Gasteiger partial charge < -0.3 is 15.5 Å². The molecule has 28 heavy (non-hydrogen) atoms. The first-order chi connectivity index (χ1) is 13.3. The molecule has 0 aliphatic carbocycles. The monoisotopic (exact) mass is 376 g/mol. The van der Waals surface area contributed by atoms with Gasteiger partial charge in [-0.05, 0) is 50.5 Å². The van der Waals surface area contributed by atoms with Crippen molar-refractivity contribution in [1.82, 2.24) is 5.32 Å². The summed E-state index contributed by atoms with van der Waals surface area (Å²) in [5.74, 6) is 0.0337. The van der Waals surface area contributed by atoms with Crippen molar-refractivity contribution >= 4 is 23.3 Å². The highest BCUT2D eigenvalue weighted by atomic mass is 16.2. The van der Waals surface area contributed by atoms with Crippen LogP contribution in [0.3, 0.4) is 0 Å². The van der Waals surface area contributed by atoms with Gasteiger partial charge in [0.25, 0.3) is 0 Å². The first-order valence-electron chi connectivity index (χ1n) is 9.27. The largest absolute Gasteiger partial charge is 0.333 e. The molecule has 2 N–H and O–H groups in total. The molecule has 0 radical (unpaired) electrons. The lowest BCUT2D eigenvalue weighted by molar-refractivity contribution is -0.119. The summed E-state index contributed by atoms with van der Waals surface area (Å²) < 4.78 is 0. The lowest BCUT2D eigenvalue weighted by Gasteiger charge is -2.30. The molecule has 6 heteroatoms. The van der Waals surface area contributed by atoms with E-state index in [1.165, 1.54) is 0 Å². The normalized spacial score (nSPS) is 13.5. The zero-order valence-corrected chi connectivity index (χ0v) is 16.4. The van der Waals surface area contributed by atoms with Gasteiger partial charge >= 0.3 is 6.03 Å². The highest BCUT2D eigenvalue weighted by molar-refractivity contribution is 5.98. The van der Waals surface area contributed by atoms with Gasteiger partial charge in [0.2, 0.25) is 5.91 Å². The summed E-state index contributed by atoms with van der Waals surface area (Å²) in [5.41, 5.74) is 3.10. The molecule has 0 fully saturated rings. The summed E-state index contributed by atoms with van der Waals surface area (Å²) >= 11 is 0. The van der Waals surface area contributed by atoms with Crippen molar-refractivity contribution in [2.75, 3.05) is 10.2 Å². The first kappa shape index (κ1) is 19.4. The number of amides is 3. The third-order valence-electron chi connectivity index (χ3n) is 4.46. The lowest BCUT2D eigenvalue weighted by Crippen LogP contribution is -2.43. The Balaban J connectivity index is 1.92. The molecule has 1 aliphatic heterocycles. The zero-order valence-electron chi connectivity index (χ0n) is 16.4. The van der Waals surface area contributed by atoms with Gasteiger partial charge in [0.05, 0.1) is 17.8 Å². The Morgan fingerprint density at radius 2 is 1.89 bits per heavy atom. The number of benzene rings is 2. The van der Waals surface area contributed by atoms with Crippen LogP contribution in [0.15, 0.2) is 42.5 Å². The Kier molecular flexibility index (Phi) is 5.36. The molecular formula is C22H24N4O2. The molecule has 3 amide bonds. The van der Waals surface area contributed by atoms with Crippen LogP contribution in [0.5, 0.6) is 0 Å². The van der Waals surface area contributed by atoms with Crippen molar-refractivity contribution in [3.8, 4) is 6.07 Å². The molecule has 144 valence electrons. The average Bonchev–Trinajstić information content (AvgIpc) is 2.63. The van der Waals surface area contributed by atoms with E-state index in [1.54, 1.807) is 17.0 Å². The fourth-order valence-corrected chi connectivity index (χ4v) is 3.22. The topological polar surface area (TPSA) is 85.2 Å². The van der Waals surface area contributed by atoms with Gasteiger partial charge in [-0.15, -0.1) is 0 Å². The molecular weight excluding hydrogens is 352 g/mol. The third-order valence-corrected chi connectivity index (χ3v) is 4.46. The molecule has 0 atom stereocenters. The minimum Gasteiger partial charge on any atom is -0.333 e. The lowest BCUT2D eigenvalue weighted by atomic mass is 9.97. The van der Waals surface area contributed by atoms with Gasteiger partial charge in [-0.25, -0.2) is 4.79 Å². The van der Waals surface area contributed by atoms with E-state index < -0.39 is 0 Å². The van der Waals surface area contributed by atoms with Crippen LogP contribution in [0.1, 0.15) is 43.9 Å². The Labute approximate surface area is 165 Å². The van der Waals surface area contributed by atoms with E-state index >= 15 is 0 Å². The summed E-state index contributed by atoms with van der Waals surface area (Å²) in [4.78, 5) is 26.5. The van der Waals surface area contributed by atoms with Gasteiger partial charge in [0, 0.05) is 17.6 Å². The Morgan fingerprint density at radius 1 is 1.18 bits per heavy atom. The van der Waals surface area contributed by atoms with Gasteiger partial charge in [-0.3, -0.25) is 4.79 Å². The molecule has 0 unspecified atom stereocenters. The number of fused-ring (bicyclic) bond motifs is 1. The van der Waals surface area contributed by atoms with Gasteiger partial charge in [-0.1, -0.05) is 30.3 Å². The van der Waals surface area contributed by atoms with Crippen LogP contribution in [0.25, 0.3) is 0 Å². The number of carbonyl (C=O) groups excluding carboxylic acids is 2. The average molecular weight is 376 g/mol. The smallest absolute Gasteiger partial charge is 0.319 e.